The summed E-state index contributed by atoms with van der Waals surface area (Å²) in [5.74, 6) is -61.9. The van der Waals surface area contributed by atoms with Gasteiger partial charge in [-0.05, 0) is 23.6 Å². The van der Waals surface area contributed by atoms with E-state index in [1.807, 2.05) is 0 Å². The lowest BCUT2D eigenvalue weighted by molar-refractivity contribution is -0.459. The van der Waals surface area contributed by atoms with Gasteiger partial charge in [0.2, 0.25) is 0 Å². The third-order valence-corrected chi connectivity index (χ3v) is 4.84. The molecular weight excluding hydrogens is 569 g/mol. The minimum Gasteiger partial charge on any atom is -0.321 e. The molecule has 0 aliphatic rings. The number of amides is 1. The van der Waals surface area contributed by atoms with Crippen molar-refractivity contribution >= 4 is 11.6 Å². The van der Waals surface area contributed by atoms with E-state index >= 15 is 0 Å². The predicted octanol–water partition coefficient (Wildman–Crippen LogP) is 7.76. The summed E-state index contributed by atoms with van der Waals surface area (Å²) in [5, 5.41) is 0.840. The van der Waals surface area contributed by atoms with Crippen molar-refractivity contribution in [3.8, 4) is 0 Å². The molecule has 1 amide bonds. The summed E-state index contributed by atoms with van der Waals surface area (Å²) in [6, 6.07) is 3.57. The first-order valence-corrected chi connectivity index (χ1v) is 9.18. The summed E-state index contributed by atoms with van der Waals surface area (Å²) in [6.07, 6.45) is -7.83. The molecule has 19 heteroatoms. The molecule has 0 aliphatic carbocycles. The molecule has 0 aromatic heterocycles. The summed E-state index contributed by atoms with van der Waals surface area (Å²) in [6.45, 7) is 3.18. The van der Waals surface area contributed by atoms with Gasteiger partial charge in [-0.25, -0.2) is 0 Å². The van der Waals surface area contributed by atoms with E-state index in [0.717, 1.165) is 17.4 Å². The molecule has 214 valence electrons. The molecule has 1 N–H and O–H groups in total. The van der Waals surface area contributed by atoms with Crippen LogP contribution in [0.3, 0.4) is 0 Å². The van der Waals surface area contributed by atoms with Crippen LogP contribution >= 0.6 is 0 Å². The first kappa shape index (κ1) is 32.5. The average molecular weight is 581 g/mol. The van der Waals surface area contributed by atoms with E-state index < -0.39 is 59.2 Å². The van der Waals surface area contributed by atoms with Gasteiger partial charge in [0.1, 0.15) is 0 Å². The van der Waals surface area contributed by atoms with E-state index in [1.54, 1.807) is 13.8 Å². The van der Waals surface area contributed by atoms with E-state index in [4.69, 9.17) is 0 Å². The number of nitrogens with one attached hydrogen (secondary N) is 1. The number of halogens is 17. The van der Waals surface area contributed by atoms with E-state index in [-0.39, 0.29) is 5.92 Å². The SMILES string of the molecule is CC(C)c1ccc(NC(=O)C(F)(F)C(F)(F)C(F)(F)C(F)(F)C(F)(F)C(F)(F)C(F)(F)C(F)(F)F)cc1. The first-order valence-electron chi connectivity index (χ1n) is 9.18. The molecule has 0 bridgehead atoms. The number of benzene rings is 1. The Balaban J connectivity index is 3.52. The third-order valence-electron chi connectivity index (χ3n) is 4.84. The highest BCUT2D eigenvalue weighted by molar-refractivity contribution is 5.97. The Morgan fingerprint density at radius 3 is 1.22 bits per heavy atom. The van der Waals surface area contributed by atoms with Gasteiger partial charge >= 0.3 is 53.5 Å². The fourth-order valence-electron chi connectivity index (χ4n) is 2.47. The van der Waals surface area contributed by atoms with Crippen molar-refractivity contribution < 1.29 is 79.4 Å². The monoisotopic (exact) mass is 581 g/mol. The van der Waals surface area contributed by atoms with Crippen molar-refractivity contribution in [2.75, 3.05) is 5.32 Å². The molecule has 0 radical (unpaired) electrons. The standard InChI is InChI=1S/C18H12F17NO/c1-7(2)8-3-5-9(6-4-8)36-10(37)11(19,20)12(21,22)13(23,24)14(25,26)15(27,28)16(29,30)17(31,32)18(33,34)35/h3-7H,1-2H3,(H,36,37). The Morgan fingerprint density at radius 2 is 0.892 bits per heavy atom. The summed E-state index contributed by atoms with van der Waals surface area (Å²) < 4.78 is 225. The topological polar surface area (TPSA) is 29.1 Å². The maximum atomic E-state index is 13.9. The number of anilines is 1. The lowest BCUT2D eigenvalue weighted by atomic mass is 9.88. The van der Waals surface area contributed by atoms with Crippen molar-refractivity contribution in [1.29, 1.82) is 0 Å². The molecule has 1 aromatic rings. The number of hydrogen-bond acceptors (Lipinski definition) is 1. The Labute approximate surface area is 194 Å². The fraction of sp³-hybridized carbons (Fsp3) is 0.611. The first-order chi connectivity index (χ1) is 16.1. The molecule has 0 spiro atoms. The van der Waals surface area contributed by atoms with Gasteiger partial charge in [-0.1, -0.05) is 26.0 Å². The van der Waals surface area contributed by atoms with Gasteiger partial charge in [-0.3, -0.25) is 4.79 Å². The lowest BCUT2D eigenvalue weighted by Crippen LogP contribution is -2.75. The second-order valence-electron chi connectivity index (χ2n) is 7.75. The van der Waals surface area contributed by atoms with Crippen LogP contribution in [0.15, 0.2) is 24.3 Å². The Morgan fingerprint density at radius 1 is 0.568 bits per heavy atom. The number of rotatable bonds is 9. The second-order valence-corrected chi connectivity index (χ2v) is 7.75. The quantitative estimate of drug-likeness (QED) is 0.297. The molecule has 1 aromatic carbocycles. The van der Waals surface area contributed by atoms with E-state index in [1.165, 1.54) is 0 Å². The minimum absolute atomic E-state index is 0.235. The summed E-state index contributed by atoms with van der Waals surface area (Å²) in [7, 11) is 0. The Bertz CT molecular complexity index is 979. The summed E-state index contributed by atoms with van der Waals surface area (Å²) in [4.78, 5) is 11.5. The number of hydrogen-bond donors (Lipinski definition) is 1. The Hall–Kier alpha value is -2.50. The molecule has 0 heterocycles. The van der Waals surface area contributed by atoms with E-state index in [0.29, 0.717) is 17.7 Å². The largest absolute Gasteiger partial charge is 0.460 e. The van der Waals surface area contributed by atoms with Gasteiger partial charge in [0, 0.05) is 5.69 Å². The van der Waals surface area contributed by atoms with Gasteiger partial charge in [0.15, 0.2) is 0 Å². The highest BCUT2D eigenvalue weighted by Gasteiger charge is 2.95. The number of alkyl halides is 17. The average Bonchev–Trinajstić information content (AvgIpc) is 2.72. The molecule has 0 atom stereocenters. The molecule has 1 rings (SSSR count). The van der Waals surface area contributed by atoms with Crippen LogP contribution in [0.25, 0.3) is 0 Å². The summed E-state index contributed by atoms with van der Waals surface area (Å²) >= 11 is 0. The molecule has 0 saturated carbocycles. The van der Waals surface area contributed by atoms with Crippen LogP contribution < -0.4 is 5.32 Å². The van der Waals surface area contributed by atoms with Crippen molar-refractivity contribution in [2.45, 2.75) is 67.4 Å². The van der Waals surface area contributed by atoms with Crippen LogP contribution in [0.1, 0.15) is 25.3 Å². The smallest absolute Gasteiger partial charge is 0.321 e. The number of carbonyl (C=O) groups excluding carboxylic acids is 1. The maximum absolute atomic E-state index is 13.9. The highest BCUT2D eigenvalue weighted by atomic mass is 19.4. The van der Waals surface area contributed by atoms with Gasteiger partial charge in [0.25, 0.3) is 0 Å². The third kappa shape index (κ3) is 4.66. The minimum atomic E-state index is -8.74. The van der Waals surface area contributed by atoms with Crippen LogP contribution in [0.5, 0.6) is 0 Å². The van der Waals surface area contributed by atoms with Crippen molar-refractivity contribution in [3.63, 3.8) is 0 Å². The normalized spacial score (nSPS) is 15.2. The number of carbonyl (C=O) groups is 1. The van der Waals surface area contributed by atoms with Gasteiger partial charge in [-0.15, -0.1) is 0 Å². The molecular formula is C18H12F17NO. The van der Waals surface area contributed by atoms with Crippen molar-refractivity contribution in [3.05, 3.63) is 29.8 Å². The van der Waals surface area contributed by atoms with Crippen molar-refractivity contribution in [2.24, 2.45) is 0 Å². The van der Waals surface area contributed by atoms with E-state index in [9.17, 15) is 79.4 Å². The zero-order valence-corrected chi connectivity index (χ0v) is 17.7. The van der Waals surface area contributed by atoms with Crippen LogP contribution in [0.2, 0.25) is 0 Å². The van der Waals surface area contributed by atoms with Crippen LogP contribution in [0, 0.1) is 0 Å². The van der Waals surface area contributed by atoms with Crippen LogP contribution in [-0.2, 0) is 4.79 Å². The Kier molecular flexibility index (Phi) is 7.96. The zero-order valence-electron chi connectivity index (χ0n) is 17.7. The molecule has 0 unspecified atom stereocenters. The van der Waals surface area contributed by atoms with Gasteiger partial charge in [0.05, 0.1) is 0 Å². The van der Waals surface area contributed by atoms with E-state index in [2.05, 4.69) is 0 Å². The molecule has 0 aliphatic heterocycles. The zero-order chi connectivity index (χ0) is 29.8. The fourth-order valence-corrected chi connectivity index (χ4v) is 2.47. The maximum Gasteiger partial charge on any atom is 0.460 e. The van der Waals surface area contributed by atoms with Gasteiger partial charge < -0.3 is 5.32 Å². The van der Waals surface area contributed by atoms with Gasteiger partial charge in [-0.2, -0.15) is 74.6 Å². The van der Waals surface area contributed by atoms with Crippen LogP contribution in [-0.4, -0.2) is 53.5 Å². The predicted molar refractivity (Wildman–Crippen MR) is 89.8 cm³/mol. The molecule has 2 nitrogen and oxygen atoms in total. The molecule has 37 heavy (non-hydrogen) atoms. The summed E-state index contributed by atoms with van der Waals surface area (Å²) in [5.41, 5.74) is -0.443. The highest BCUT2D eigenvalue weighted by Crippen LogP contribution is 2.64. The molecule has 0 fully saturated rings. The van der Waals surface area contributed by atoms with Crippen molar-refractivity contribution in [1.82, 2.24) is 0 Å². The van der Waals surface area contributed by atoms with Crippen LogP contribution in [0.4, 0.5) is 80.3 Å². The lowest BCUT2D eigenvalue weighted by Gasteiger charge is -2.42. The second kappa shape index (κ2) is 9.06. The molecule has 0 saturated heterocycles.